The number of aromatic nitrogens is 4. The summed E-state index contributed by atoms with van der Waals surface area (Å²) in [6.45, 7) is 5.00. The molecule has 2 N–H and O–H groups in total. The van der Waals surface area contributed by atoms with Crippen molar-refractivity contribution in [2.45, 2.75) is 18.9 Å². The second-order valence-electron chi connectivity index (χ2n) is 8.61. The predicted molar refractivity (Wildman–Crippen MR) is 133 cm³/mol. The summed E-state index contributed by atoms with van der Waals surface area (Å²) in [5.74, 6) is -0.210. The summed E-state index contributed by atoms with van der Waals surface area (Å²) >= 11 is 1.64. The van der Waals surface area contributed by atoms with Crippen molar-refractivity contribution in [1.82, 2.24) is 34.9 Å². The van der Waals surface area contributed by atoms with Crippen molar-refractivity contribution in [2.24, 2.45) is 0 Å². The van der Waals surface area contributed by atoms with E-state index >= 15 is 0 Å². The van der Waals surface area contributed by atoms with Gasteiger partial charge in [-0.1, -0.05) is 24.3 Å². The van der Waals surface area contributed by atoms with Gasteiger partial charge in [-0.3, -0.25) is 19.1 Å². The molecule has 1 amide bonds. The first-order chi connectivity index (χ1) is 16.7. The van der Waals surface area contributed by atoms with E-state index in [1.54, 1.807) is 11.3 Å². The number of amides is 1. The van der Waals surface area contributed by atoms with Crippen LogP contribution in [0.1, 0.15) is 34.2 Å². The van der Waals surface area contributed by atoms with E-state index in [0.717, 1.165) is 66.7 Å². The topological polar surface area (TPSA) is 87.5 Å². The van der Waals surface area contributed by atoms with Crippen LogP contribution in [0.15, 0.2) is 66.0 Å². The number of para-hydroxylation sites is 2. The highest BCUT2D eigenvalue weighted by molar-refractivity contribution is 7.15. The molecule has 0 bridgehead atoms. The van der Waals surface area contributed by atoms with Crippen molar-refractivity contribution in [2.75, 3.05) is 26.2 Å². The lowest BCUT2D eigenvalue weighted by Crippen LogP contribution is -2.42. The van der Waals surface area contributed by atoms with Crippen molar-refractivity contribution in [3.8, 4) is 0 Å². The molecular formula is C25H25N7OS. The molecule has 1 fully saturated rings. The maximum absolute atomic E-state index is 13.1. The zero-order valence-electron chi connectivity index (χ0n) is 18.6. The standard InChI is InChI=1S/C25H25N7OS/c33-24(22-13-27-20-7-3-4-8-21(20)29-22)30-19-6-2-1-5-18(19)23-16-34-25-28-17(15-32(23)25)14-31-11-9-26-10-12-31/h1-4,6-8,13,15-16,18,26H,5,9-12,14H2,(H,30,33). The summed E-state index contributed by atoms with van der Waals surface area (Å²) < 4.78 is 2.18. The molecule has 1 aliphatic carbocycles. The Bertz CT molecular complexity index is 1410. The van der Waals surface area contributed by atoms with Crippen LogP contribution in [-0.2, 0) is 6.54 Å². The van der Waals surface area contributed by atoms with E-state index < -0.39 is 0 Å². The zero-order valence-corrected chi connectivity index (χ0v) is 19.5. The van der Waals surface area contributed by atoms with E-state index in [0.29, 0.717) is 11.2 Å². The van der Waals surface area contributed by atoms with E-state index in [-0.39, 0.29) is 11.8 Å². The number of carbonyl (C=O) groups excluding carboxylic acids is 1. The van der Waals surface area contributed by atoms with Crippen molar-refractivity contribution in [1.29, 1.82) is 0 Å². The van der Waals surface area contributed by atoms with Gasteiger partial charge in [-0.2, -0.15) is 0 Å². The lowest BCUT2D eigenvalue weighted by molar-refractivity contribution is 0.0958. The number of nitrogens with one attached hydrogen (secondary N) is 2. The Hall–Kier alpha value is -3.40. The molecule has 172 valence electrons. The second kappa shape index (κ2) is 9.09. The van der Waals surface area contributed by atoms with Crippen molar-refractivity contribution in [3.05, 3.63) is 83.0 Å². The molecule has 1 unspecified atom stereocenters. The molecule has 1 atom stereocenters. The maximum Gasteiger partial charge on any atom is 0.275 e. The Balaban J connectivity index is 1.23. The highest BCUT2D eigenvalue weighted by Crippen LogP contribution is 2.33. The first kappa shape index (κ1) is 21.2. The number of piperazine rings is 1. The Labute approximate surface area is 201 Å². The highest BCUT2D eigenvalue weighted by atomic mass is 32.1. The van der Waals surface area contributed by atoms with Gasteiger partial charge in [0.1, 0.15) is 5.69 Å². The number of nitrogens with zero attached hydrogens (tertiary/aromatic N) is 5. The minimum Gasteiger partial charge on any atom is -0.324 e. The van der Waals surface area contributed by atoms with Gasteiger partial charge >= 0.3 is 0 Å². The first-order valence-corrected chi connectivity index (χ1v) is 12.4. The van der Waals surface area contributed by atoms with Gasteiger partial charge in [0.2, 0.25) is 0 Å². The van der Waals surface area contributed by atoms with Gasteiger partial charge in [0.15, 0.2) is 4.96 Å². The fourth-order valence-electron chi connectivity index (χ4n) is 4.57. The average molecular weight is 472 g/mol. The van der Waals surface area contributed by atoms with Crippen molar-refractivity contribution in [3.63, 3.8) is 0 Å². The number of carbonyl (C=O) groups is 1. The lowest BCUT2D eigenvalue weighted by atomic mass is 9.93. The molecule has 4 heterocycles. The molecule has 1 saturated heterocycles. The molecule has 0 spiro atoms. The van der Waals surface area contributed by atoms with Crippen LogP contribution in [0, 0.1) is 0 Å². The lowest BCUT2D eigenvalue weighted by Gasteiger charge is -2.26. The van der Waals surface area contributed by atoms with Crippen molar-refractivity contribution < 1.29 is 4.79 Å². The Morgan fingerprint density at radius 3 is 2.91 bits per heavy atom. The molecule has 3 aromatic heterocycles. The summed E-state index contributed by atoms with van der Waals surface area (Å²) in [5.41, 5.74) is 4.87. The second-order valence-corrected chi connectivity index (χ2v) is 9.44. The monoisotopic (exact) mass is 471 g/mol. The fraction of sp³-hybridized carbons (Fsp3) is 0.280. The number of imidazole rings is 1. The quantitative estimate of drug-likeness (QED) is 0.465. The number of thiazole rings is 1. The molecule has 8 nitrogen and oxygen atoms in total. The van der Waals surface area contributed by atoms with Gasteiger partial charge in [0.25, 0.3) is 5.91 Å². The van der Waals surface area contributed by atoms with Crippen LogP contribution in [0.5, 0.6) is 0 Å². The van der Waals surface area contributed by atoms with Gasteiger partial charge in [0, 0.05) is 61.6 Å². The molecule has 4 aromatic rings. The van der Waals surface area contributed by atoms with E-state index in [4.69, 9.17) is 4.98 Å². The van der Waals surface area contributed by atoms with Gasteiger partial charge in [0.05, 0.1) is 22.9 Å². The number of rotatable bonds is 5. The summed E-state index contributed by atoms with van der Waals surface area (Å²) in [7, 11) is 0. The van der Waals surface area contributed by atoms with Crippen molar-refractivity contribution >= 4 is 33.2 Å². The summed E-state index contributed by atoms with van der Waals surface area (Å²) in [4.78, 5) is 30.2. The van der Waals surface area contributed by atoms with Crippen LogP contribution >= 0.6 is 11.3 Å². The SMILES string of the molecule is O=C(NC1=CC=CCC1c1csc2nc(CN3CCNCC3)cn12)c1cnc2ccccc2n1. The molecule has 0 saturated carbocycles. The zero-order chi connectivity index (χ0) is 22.9. The highest BCUT2D eigenvalue weighted by Gasteiger charge is 2.25. The number of hydrogen-bond donors (Lipinski definition) is 2. The normalized spacial score (nSPS) is 18.9. The summed E-state index contributed by atoms with van der Waals surface area (Å²) in [6, 6.07) is 7.56. The maximum atomic E-state index is 13.1. The third-order valence-electron chi connectivity index (χ3n) is 6.34. The van der Waals surface area contributed by atoms with Crippen LogP contribution in [0.2, 0.25) is 0 Å². The molecule has 2 aliphatic rings. The number of allylic oxidation sites excluding steroid dienone is 4. The smallest absolute Gasteiger partial charge is 0.275 e. The van der Waals surface area contributed by atoms with Gasteiger partial charge in [-0.25, -0.2) is 9.97 Å². The molecule has 9 heteroatoms. The number of hydrogen-bond acceptors (Lipinski definition) is 7. The third-order valence-corrected chi connectivity index (χ3v) is 7.20. The van der Waals surface area contributed by atoms with E-state index in [1.165, 1.54) is 6.20 Å². The van der Waals surface area contributed by atoms with Gasteiger partial charge in [-0.05, 0) is 24.6 Å². The minimum atomic E-state index is -0.249. The molecule has 1 aliphatic heterocycles. The Morgan fingerprint density at radius 2 is 2.03 bits per heavy atom. The number of benzene rings is 1. The van der Waals surface area contributed by atoms with E-state index in [9.17, 15) is 4.79 Å². The van der Waals surface area contributed by atoms with E-state index in [1.807, 2.05) is 36.4 Å². The third kappa shape index (κ3) is 4.13. The molecular weight excluding hydrogens is 446 g/mol. The Kier molecular flexibility index (Phi) is 5.66. The average Bonchev–Trinajstić information content (AvgIpc) is 3.45. The van der Waals surface area contributed by atoms with Crippen LogP contribution < -0.4 is 10.6 Å². The molecule has 1 aromatic carbocycles. The van der Waals surface area contributed by atoms with Crippen LogP contribution in [0.25, 0.3) is 16.0 Å². The molecule has 6 rings (SSSR count). The first-order valence-electron chi connectivity index (χ1n) is 11.5. The fourth-order valence-corrected chi connectivity index (χ4v) is 5.52. The predicted octanol–water partition coefficient (Wildman–Crippen LogP) is 3.10. The van der Waals surface area contributed by atoms with Gasteiger partial charge < -0.3 is 10.6 Å². The van der Waals surface area contributed by atoms with Crippen LogP contribution in [0.3, 0.4) is 0 Å². The summed E-state index contributed by atoms with van der Waals surface area (Å²) in [5, 5.41) is 8.64. The summed E-state index contributed by atoms with van der Waals surface area (Å²) in [6.07, 6.45) is 10.6. The largest absolute Gasteiger partial charge is 0.324 e. The van der Waals surface area contributed by atoms with Crippen LogP contribution in [0.4, 0.5) is 0 Å². The van der Waals surface area contributed by atoms with Gasteiger partial charge in [-0.15, -0.1) is 11.3 Å². The minimum absolute atomic E-state index is 0.0392. The van der Waals surface area contributed by atoms with Crippen LogP contribution in [-0.4, -0.2) is 56.3 Å². The molecule has 0 radical (unpaired) electrons. The molecule has 34 heavy (non-hydrogen) atoms. The van der Waals surface area contributed by atoms with E-state index in [2.05, 4.69) is 47.6 Å². The number of fused-ring (bicyclic) bond motifs is 2. The Morgan fingerprint density at radius 1 is 1.18 bits per heavy atom.